The van der Waals surface area contributed by atoms with Gasteiger partial charge >= 0.3 is 0 Å². The van der Waals surface area contributed by atoms with Crippen molar-refractivity contribution in [2.24, 2.45) is 0 Å². The van der Waals surface area contributed by atoms with E-state index in [0.717, 1.165) is 10.0 Å². The number of rotatable bonds is 7. The third-order valence-electron chi connectivity index (χ3n) is 3.97. The largest absolute Gasteiger partial charge is 0.497 e. The van der Waals surface area contributed by atoms with E-state index in [1.165, 1.54) is 7.11 Å². The van der Waals surface area contributed by atoms with Crippen molar-refractivity contribution in [2.45, 2.75) is 6.54 Å². The molecule has 0 aliphatic rings. The summed E-state index contributed by atoms with van der Waals surface area (Å²) in [4.78, 5) is 24.4. The van der Waals surface area contributed by atoms with Crippen molar-refractivity contribution >= 4 is 33.6 Å². The molecule has 7 nitrogen and oxygen atoms in total. The molecule has 0 unspecified atom stereocenters. The third kappa shape index (κ3) is 5.20. The smallest absolute Gasteiger partial charge is 0.251 e. The second-order valence-corrected chi connectivity index (χ2v) is 6.88. The summed E-state index contributed by atoms with van der Waals surface area (Å²) in [7, 11) is 1.53. The molecule has 0 aliphatic heterocycles. The zero-order chi connectivity index (χ0) is 19.9. The first-order chi connectivity index (χ1) is 13.5. The number of nitrogens with zero attached hydrogens (tertiary/aromatic N) is 2. The summed E-state index contributed by atoms with van der Waals surface area (Å²) in [5, 5.41) is 9.60. The van der Waals surface area contributed by atoms with Gasteiger partial charge in [0.1, 0.15) is 11.6 Å². The van der Waals surface area contributed by atoms with Gasteiger partial charge in [0.2, 0.25) is 5.91 Å². The van der Waals surface area contributed by atoms with E-state index in [1.54, 1.807) is 41.2 Å². The highest BCUT2D eigenvalue weighted by Gasteiger charge is 2.11. The lowest BCUT2D eigenvalue weighted by molar-refractivity contribution is -0.115. The van der Waals surface area contributed by atoms with Crippen LogP contribution >= 0.6 is 15.9 Å². The molecule has 2 amide bonds. The van der Waals surface area contributed by atoms with Gasteiger partial charge in [0.15, 0.2) is 0 Å². The minimum Gasteiger partial charge on any atom is -0.497 e. The van der Waals surface area contributed by atoms with Crippen LogP contribution in [0.25, 0.3) is 0 Å². The molecule has 1 heterocycles. The Hall–Kier alpha value is -3.13. The maximum Gasteiger partial charge on any atom is 0.251 e. The molecule has 0 aliphatic carbocycles. The molecule has 0 atom stereocenters. The number of halogens is 1. The average Bonchev–Trinajstić information content (AvgIpc) is 3.14. The molecule has 8 heteroatoms. The Balaban J connectivity index is 1.56. The molecule has 2 aromatic carbocycles. The summed E-state index contributed by atoms with van der Waals surface area (Å²) in [6.07, 6.45) is 1.61. The quantitative estimate of drug-likeness (QED) is 0.588. The highest BCUT2D eigenvalue weighted by atomic mass is 79.9. The van der Waals surface area contributed by atoms with E-state index in [4.69, 9.17) is 4.74 Å². The van der Waals surface area contributed by atoms with Crippen LogP contribution in [-0.2, 0) is 11.3 Å². The van der Waals surface area contributed by atoms with Crippen molar-refractivity contribution in [2.75, 3.05) is 19.0 Å². The number of benzene rings is 2. The van der Waals surface area contributed by atoms with Gasteiger partial charge in [0.05, 0.1) is 26.4 Å². The fourth-order valence-corrected chi connectivity index (χ4v) is 2.81. The Morgan fingerprint density at radius 2 is 1.93 bits per heavy atom. The van der Waals surface area contributed by atoms with Gasteiger partial charge in [0.25, 0.3) is 5.91 Å². The van der Waals surface area contributed by atoms with Crippen molar-refractivity contribution in [1.82, 2.24) is 15.1 Å². The van der Waals surface area contributed by atoms with Gasteiger partial charge in [0, 0.05) is 16.1 Å². The van der Waals surface area contributed by atoms with Crippen LogP contribution < -0.4 is 15.4 Å². The number of hydrogen-bond acceptors (Lipinski definition) is 4. The number of nitrogens with one attached hydrogen (secondary N) is 2. The summed E-state index contributed by atoms with van der Waals surface area (Å²) in [5.41, 5.74) is 1.47. The Morgan fingerprint density at radius 3 is 2.68 bits per heavy atom. The summed E-state index contributed by atoms with van der Waals surface area (Å²) in [6.45, 7) is 0.367. The van der Waals surface area contributed by atoms with Gasteiger partial charge in [-0.05, 0) is 35.9 Å². The second kappa shape index (κ2) is 9.18. The van der Waals surface area contributed by atoms with E-state index in [-0.39, 0.29) is 18.4 Å². The van der Waals surface area contributed by atoms with E-state index >= 15 is 0 Å². The van der Waals surface area contributed by atoms with E-state index in [9.17, 15) is 9.59 Å². The molecule has 0 saturated heterocycles. The minimum absolute atomic E-state index is 0.153. The van der Waals surface area contributed by atoms with Crippen LogP contribution in [0.4, 0.5) is 5.82 Å². The maximum atomic E-state index is 12.2. The van der Waals surface area contributed by atoms with Crippen LogP contribution in [-0.4, -0.2) is 35.2 Å². The van der Waals surface area contributed by atoms with E-state index < -0.39 is 0 Å². The van der Waals surface area contributed by atoms with Gasteiger partial charge in [-0.2, -0.15) is 5.10 Å². The summed E-state index contributed by atoms with van der Waals surface area (Å²) in [6, 6.07) is 16.3. The highest BCUT2D eigenvalue weighted by Crippen LogP contribution is 2.14. The predicted octanol–water partition coefficient (Wildman–Crippen LogP) is 3.07. The molecule has 144 valence electrons. The molecule has 0 saturated carbocycles. The zero-order valence-electron chi connectivity index (χ0n) is 15.2. The fourth-order valence-electron chi connectivity index (χ4n) is 2.54. The number of amides is 2. The van der Waals surface area contributed by atoms with E-state index in [1.807, 2.05) is 24.3 Å². The van der Waals surface area contributed by atoms with Gasteiger partial charge in [-0.15, -0.1) is 0 Å². The molecule has 0 spiro atoms. The molecule has 2 N–H and O–H groups in total. The number of hydrogen-bond donors (Lipinski definition) is 2. The lowest BCUT2D eigenvalue weighted by Gasteiger charge is -2.10. The number of methoxy groups -OCH3 is 1. The molecule has 0 bridgehead atoms. The molecule has 0 radical (unpaired) electrons. The average molecular weight is 443 g/mol. The Bertz CT molecular complexity index is 970. The molecule has 3 rings (SSSR count). The first-order valence-corrected chi connectivity index (χ1v) is 9.33. The van der Waals surface area contributed by atoms with Crippen LogP contribution in [0.3, 0.4) is 0 Å². The number of aromatic nitrogens is 2. The fraction of sp³-hybridized carbons (Fsp3) is 0.150. The number of carbonyl (C=O) groups excluding carboxylic acids is 2. The summed E-state index contributed by atoms with van der Waals surface area (Å²) < 4.78 is 7.78. The molecule has 28 heavy (non-hydrogen) atoms. The first kappa shape index (κ1) is 19.6. The monoisotopic (exact) mass is 442 g/mol. The maximum absolute atomic E-state index is 12.2. The van der Waals surface area contributed by atoms with Crippen LogP contribution in [0, 0.1) is 0 Å². The van der Waals surface area contributed by atoms with Crippen molar-refractivity contribution in [3.8, 4) is 5.75 Å². The summed E-state index contributed by atoms with van der Waals surface area (Å²) in [5.74, 6) is 0.448. The first-order valence-electron chi connectivity index (χ1n) is 8.53. The Morgan fingerprint density at radius 1 is 1.14 bits per heavy atom. The standard InChI is InChI=1S/C20H19BrN4O3/c1-28-17-4-2-3-15(11-17)20(27)22-12-19(26)24-18-9-10-23-25(18)13-14-5-7-16(21)8-6-14/h2-11H,12-13H2,1H3,(H,22,27)(H,24,26). The SMILES string of the molecule is COc1cccc(C(=O)NCC(=O)Nc2ccnn2Cc2ccc(Br)cc2)c1. The highest BCUT2D eigenvalue weighted by molar-refractivity contribution is 9.10. The van der Waals surface area contributed by atoms with E-state index in [2.05, 4.69) is 31.7 Å². The zero-order valence-corrected chi connectivity index (χ0v) is 16.8. The minimum atomic E-state index is -0.350. The van der Waals surface area contributed by atoms with Crippen molar-refractivity contribution in [1.29, 1.82) is 0 Å². The number of ether oxygens (including phenoxy) is 1. The van der Waals surface area contributed by atoms with Crippen molar-refractivity contribution in [3.63, 3.8) is 0 Å². The van der Waals surface area contributed by atoms with Crippen LogP contribution in [0.2, 0.25) is 0 Å². The van der Waals surface area contributed by atoms with Gasteiger partial charge in [-0.25, -0.2) is 4.68 Å². The van der Waals surface area contributed by atoms with E-state index in [0.29, 0.717) is 23.7 Å². The lowest BCUT2D eigenvalue weighted by atomic mass is 10.2. The van der Waals surface area contributed by atoms with Crippen molar-refractivity contribution in [3.05, 3.63) is 76.4 Å². The topological polar surface area (TPSA) is 85.2 Å². The number of anilines is 1. The molecular weight excluding hydrogens is 424 g/mol. The van der Waals surface area contributed by atoms with Gasteiger partial charge in [-0.1, -0.05) is 34.1 Å². The molecular formula is C20H19BrN4O3. The van der Waals surface area contributed by atoms with Crippen LogP contribution in [0.15, 0.2) is 65.3 Å². The Kier molecular flexibility index (Phi) is 6.44. The second-order valence-electron chi connectivity index (χ2n) is 5.96. The third-order valence-corrected chi connectivity index (χ3v) is 4.50. The van der Waals surface area contributed by atoms with Crippen molar-refractivity contribution < 1.29 is 14.3 Å². The van der Waals surface area contributed by atoms with Gasteiger partial charge < -0.3 is 15.4 Å². The van der Waals surface area contributed by atoms with Crippen LogP contribution in [0.5, 0.6) is 5.75 Å². The molecule has 3 aromatic rings. The molecule has 0 fully saturated rings. The van der Waals surface area contributed by atoms with Gasteiger partial charge in [-0.3, -0.25) is 9.59 Å². The summed E-state index contributed by atoms with van der Waals surface area (Å²) >= 11 is 3.40. The molecule has 1 aromatic heterocycles. The number of carbonyl (C=O) groups is 2. The normalized spacial score (nSPS) is 10.4. The lowest BCUT2D eigenvalue weighted by Crippen LogP contribution is -2.33. The Labute approximate surface area is 170 Å². The predicted molar refractivity (Wildman–Crippen MR) is 109 cm³/mol. The van der Waals surface area contributed by atoms with Crippen LogP contribution in [0.1, 0.15) is 15.9 Å².